The van der Waals surface area contributed by atoms with Crippen LogP contribution in [0.2, 0.25) is 0 Å². The van der Waals surface area contributed by atoms with Crippen LogP contribution < -0.4 is 0 Å². The molecular formula is C13H27P. The molecule has 0 bridgehead atoms. The van der Waals surface area contributed by atoms with Gasteiger partial charge in [-0.3, -0.25) is 0 Å². The van der Waals surface area contributed by atoms with Crippen molar-refractivity contribution >= 4 is 8.58 Å². The third-order valence-corrected chi connectivity index (χ3v) is 4.97. The van der Waals surface area contributed by atoms with E-state index in [0.717, 1.165) is 14.0 Å². The first-order valence-corrected chi connectivity index (χ1v) is 7.12. The molecule has 0 aromatic rings. The molecule has 0 atom stereocenters. The quantitative estimate of drug-likeness (QED) is 0.507. The minimum atomic E-state index is 0.637. The molecule has 14 heavy (non-hydrogen) atoms. The van der Waals surface area contributed by atoms with Crippen LogP contribution in [-0.2, 0) is 0 Å². The molecule has 0 N–H and O–H groups in total. The van der Waals surface area contributed by atoms with Crippen molar-refractivity contribution in [2.24, 2.45) is 5.41 Å². The van der Waals surface area contributed by atoms with Gasteiger partial charge in [0.25, 0.3) is 0 Å². The van der Waals surface area contributed by atoms with Crippen LogP contribution in [0.4, 0.5) is 0 Å². The Kier molecular flexibility index (Phi) is 3.37. The summed E-state index contributed by atoms with van der Waals surface area (Å²) in [5.41, 5.74) is 0.804. The molecule has 0 aromatic carbocycles. The summed E-state index contributed by atoms with van der Waals surface area (Å²) in [5.74, 6) is 0. The molecule has 0 nitrogen and oxygen atoms in total. The lowest BCUT2D eigenvalue weighted by Gasteiger charge is -2.45. The average Bonchev–Trinajstić information content (AvgIpc) is 2.65. The summed E-state index contributed by atoms with van der Waals surface area (Å²) in [6.45, 7) is 13.9. The Morgan fingerprint density at radius 1 is 0.786 bits per heavy atom. The van der Waals surface area contributed by atoms with Crippen LogP contribution in [-0.4, -0.2) is 10.3 Å². The Bertz CT molecular complexity index is 168. The molecule has 1 aliphatic heterocycles. The maximum atomic E-state index is 2.46. The van der Waals surface area contributed by atoms with E-state index >= 15 is 0 Å². The van der Waals surface area contributed by atoms with Gasteiger partial charge in [-0.1, -0.05) is 41.5 Å². The summed E-state index contributed by atoms with van der Waals surface area (Å²) in [5, 5.41) is 1.27. The van der Waals surface area contributed by atoms with E-state index < -0.39 is 0 Å². The van der Waals surface area contributed by atoms with Gasteiger partial charge < -0.3 is 0 Å². The van der Waals surface area contributed by atoms with Gasteiger partial charge in [0.05, 0.1) is 0 Å². The Hall–Kier alpha value is 0.430. The van der Waals surface area contributed by atoms with E-state index in [1.165, 1.54) is 25.7 Å². The Labute approximate surface area is 92.0 Å². The largest absolute Gasteiger partial charge is 0.110 e. The van der Waals surface area contributed by atoms with Crippen molar-refractivity contribution in [1.29, 1.82) is 0 Å². The van der Waals surface area contributed by atoms with Crippen LogP contribution in [0.5, 0.6) is 0 Å². The SMILES string of the molecule is CC.CC1(C)CC2(CC2)CC(C)(C)P1. The van der Waals surface area contributed by atoms with Crippen LogP contribution in [0.1, 0.15) is 67.2 Å². The minimum Gasteiger partial charge on any atom is -0.110 e. The van der Waals surface area contributed by atoms with Gasteiger partial charge >= 0.3 is 0 Å². The Balaban J connectivity index is 0.000000461. The zero-order chi connectivity index (χ0) is 11.0. The Morgan fingerprint density at radius 2 is 1.14 bits per heavy atom. The maximum Gasteiger partial charge on any atom is -0.0168 e. The van der Waals surface area contributed by atoms with Gasteiger partial charge in [-0.2, -0.15) is 0 Å². The third kappa shape index (κ3) is 2.96. The van der Waals surface area contributed by atoms with E-state index in [1.807, 2.05) is 13.8 Å². The predicted octanol–water partition coefficient (Wildman–Crippen LogP) is 4.82. The second-order valence-corrected chi connectivity index (χ2v) is 9.20. The van der Waals surface area contributed by atoms with E-state index in [0.29, 0.717) is 10.3 Å². The first-order valence-electron chi connectivity index (χ1n) is 6.12. The van der Waals surface area contributed by atoms with E-state index in [9.17, 15) is 0 Å². The van der Waals surface area contributed by atoms with Gasteiger partial charge in [-0.25, -0.2) is 0 Å². The van der Waals surface area contributed by atoms with Crippen molar-refractivity contribution in [2.45, 2.75) is 77.5 Å². The van der Waals surface area contributed by atoms with Crippen molar-refractivity contribution in [3.8, 4) is 0 Å². The van der Waals surface area contributed by atoms with Gasteiger partial charge in [0, 0.05) is 0 Å². The highest BCUT2D eigenvalue weighted by Gasteiger charge is 2.53. The van der Waals surface area contributed by atoms with Gasteiger partial charge in [0.2, 0.25) is 0 Å². The fourth-order valence-corrected chi connectivity index (χ4v) is 6.23. The molecule has 1 saturated carbocycles. The molecular weight excluding hydrogens is 187 g/mol. The number of hydrogen-bond acceptors (Lipinski definition) is 0. The molecule has 0 radical (unpaired) electrons. The smallest absolute Gasteiger partial charge is 0.0168 e. The molecule has 2 rings (SSSR count). The molecule has 0 unspecified atom stereocenters. The average molecular weight is 214 g/mol. The van der Waals surface area contributed by atoms with E-state index in [1.54, 1.807) is 0 Å². The van der Waals surface area contributed by atoms with Crippen LogP contribution in [0.15, 0.2) is 0 Å². The first kappa shape index (κ1) is 12.5. The summed E-state index contributed by atoms with van der Waals surface area (Å²) < 4.78 is 0. The maximum absolute atomic E-state index is 2.46. The normalized spacial score (nSPS) is 30.4. The summed E-state index contributed by atoms with van der Waals surface area (Å²) in [6, 6.07) is 0. The van der Waals surface area contributed by atoms with Crippen LogP contribution in [0.3, 0.4) is 0 Å². The minimum absolute atomic E-state index is 0.637. The molecule has 1 heteroatoms. The van der Waals surface area contributed by atoms with Crippen molar-refractivity contribution in [1.82, 2.24) is 0 Å². The summed E-state index contributed by atoms with van der Waals surface area (Å²) in [6.07, 6.45) is 6.04. The molecule has 84 valence electrons. The lowest BCUT2D eigenvalue weighted by atomic mass is 9.84. The molecule has 1 spiro atoms. The second-order valence-electron chi connectivity index (χ2n) is 6.25. The highest BCUT2D eigenvalue weighted by molar-refractivity contribution is 7.41. The van der Waals surface area contributed by atoms with Gasteiger partial charge in [-0.05, 0) is 41.4 Å². The summed E-state index contributed by atoms with van der Waals surface area (Å²) >= 11 is 0. The molecule has 1 aliphatic carbocycles. The second kappa shape index (κ2) is 3.78. The lowest BCUT2D eigenvalue weighted by molar-refractivity contribution is 0.321. The zero-order valence-electron chi connectivity index (χ0n) is 10.8. The first-order chi connectivity index (χ1) is 6.33. The van der Waals surface area contributed by atoms with E-state index in [-0.39, 0.29) is 0 Å². The van der Waals surface area contributed by atoms with Gasteiger partial charge in [0.1, 0.15) is 0 Å². The summed E-state index contributed by atoms with van der Waals surface area (Å²) in [4.78, 5) is 0. The van der Waals surface area contributed by atoms with Crippen molar-refractivity contribution in [3.05, 3.63) is 0 Å². The molecule has 0 aromatic heterocycles. The molecule has 2 fully saturated rings. The predicted molar refractivity (Wildman–Crippen MR) is 68.7 cm³/mol. The Morgan fingerprint density at radius 3 is 1.43 bits per heavy atom. The third-order valence-electron chi connectivity index (χ3n) is 3.27. The number of rotatable bonds is 0. The lowest BCUT2D eigenvalue weighted by Crippen LogP contribution is -2.35. The fraction of sp³-hybridized carbons (Fsp3) is 1.00. The summed E-state index contributed by atoms with van der Waals surface area (Å²) in [7, 11) is 1.16. The van der Waals surface area contributed by atoms with Crippen molar-refractivity contribution < 1.29 is 0 Å². The molecule has 0 amide bonds. The van der Waals surface area contributed by atoms with Crippen molar-refractivity contribution in [3.63, 3.8) is 0 Å². The molecule has 1 heterocycles. The fourth-order valence-electron chi connectivity index (χ4n) is 3.47. The highest BCUT2D eigenvalue weighted by atomic mass is 31.1. The number of hydrogen-bond donors (Lipinski definition) is 0. The van der Waals surface area contributed by atoms with E-state index in [4.69, 9.17) is 0 Å². The highest BCUT2D eigenvalue weighted by Crippen LogP contribution is 2.67. The molecule has 1 saturated heterocycles. The monoisotopic (exact) mass is 214 g/mol. The van der Waals surface area contributed by atoms with Crippen LogP contribution in [0.25, 0.3) is 0 Å². The molecule has 2 aliphatic rings. The topological polar surface area (TPSA) is 0 Å². The van der Waals surface area contributed by atoms with E-state index in [2.05, 4.69) is 27.7 Å². The van der Waals surface area contributed by atoms with Crippen molar-refractivity contribution in [2.75, 3.05) is 0 Å². The van der Waals surface area contributed by atoms with Gasteiger partial charge in [0.15, 0.2) is 0 Å². The van der Waals surface area contributed by atoms with Crippen LogP contribution >= 0.6 is 8.58 Å². The van der Waals surface area contributed by atoms with Crippen LogP contribution in [0, 0.1) is 5.41 Å². The zero-order valence-corrected chi connectivity index (χ0v) is 11.8. The van der Waals surface area contributed by atoms with Gasteiger partial charge in [-0.15, -0.1) is 8.58 Å². The standard InChI is InChI=1S/C11H21P.C2H6/c1-9(2)7-11(5-6-11)8-10(3,4)12-9;1-2/h12H,5-8H2,1-4H3;1-2H3.